The highest BCUT2D eigenvalue weighted by atomic mass is 14.3. The number of allylic oxidation sites excluding steroid dienone is 1. The maximum Gasteiger partial charge on any atom is -0.00961 e. The smallest absolute Gasteiger partial charge is 0.00961 e. The SMILES string of the molecule is C=C1C[C@H](c2ccccc2)[C@@H](C)C1. The maximum absolute atomic E-state index is 4.08. The molecule has 0 heteroatoms. The first-order valence-corrected chi connectivity index (χ1v) is 4.99. The van der Waals surface area contributed by atoms with Crippen LogP contribution in [0.3, 0.4) is 0 Å². The zero-order valence-electron chi connectivity index (χ0n) is 8.16. The van der Waals surface area contributed by atoms with Crippen LogP contribution in [-0.4, -0.2) is 0 Å². The molecular weight excluding hydrogens is 156 g/mol. The summed E-state index contributed by atoms with van der Waals surface area (Å²) in [4.78, 5) is 0. The lowest BCUT2D eigenvalue weighted by atomic mass is 9.90. The molecule has 0 aromatic heterocycles. The highest BCUT2D eigenvalue weighted by Crippen LogP contribution is 2.41. The molecule has 0 N–H and O–H groups in total. The molecular formula is C13H16. The van der Waals surface area contributed by atoms with Gasteiger partial charge in [0.05, 0.1) is 0 Å². The predicted molar refractivity (Wildman–Crippen MR) is 56.7 cm³/mol. The number of hydrogen-bond donors (Lipinski definition) is 0. The van der Waals surface area contributed by atoms with E-state index in [1.165, 1.54) is 24.0 Å². The van der Waals surface area contributed by atoms with Gasteiger partial charge in [0.2, 0.25) is 0 Å². The highest BCUT2D eigenvalue weighted by molar-refractivity contribution is 5.25. The molecule has 0 nitrogen and oxygen atoms in total. The molecule has 0 radical (unpaired) electrons. The van der Waals surface area contributed by atoms with E-state index in [9.17, 15) is 0 Å². The quantitative estimate of drug-likeness (QED) is 0.566. The minimum atomic E-state index is 0.716. The predicted octanol–water partition coefficient (Wildman–Crippen LogP) is 3.76. The summed E-state index contributed by atoms with van der Waals surface area (Å²) in [5, 5.41) is 0. The minimum absolute atomic E-state index is 0.716. The molecule has 2 atom stereocenters. The molecule has 0 bridgehead atoms. The Balaban J connectivity index is 2.23. The Hall–Kier alpha value is -1.04. The van der Waals surface area contributed by atoms with Gasteiger partial charge in [-0.3, -0.25) is 0 Å². The topological polar surface area (TPSA) is 0 Å². The van der Waals surface area contributed by atoms with Gasteiger partial charge in [-0.2, -0.15) is 0 Å². The van der Waals surface area contributed by atoms with Crippen molar-refractivity contribution in [2.45, 2.75) is 25.7 Å². The molecule has 1 aliphatic rings. The van der Waals surface area contributed by atoms with Crippen molar-refractivity contribution in [3.05, 3.63) is 48.0 Å². The van der Waals surface area contributed by atoms with E-state index in [0.29, 0.717) is 5.92 Å². The number of benzene rings is 1. The average Bonchev–Trinajstić information content (AvgIpc) is 2.47. The Bertz CT molecular complexity index is 297. The second kappa shape index (κ2) is 3.37. The third kappa shape index (κ3) is 1.67. The molecule has 1 aromatic rings. The van der Waals surface area contributed by atoms with Crippen molar-refractivity contribution in [3.8, 4) is 0 Å². The second-order valence-electron chi connectivity index (χ2n) is 4.15. The van der Waals surface area contributed by atoms with Crippen LogP contribution in [0, 0.1) is 5.92 Å². The zero-order valence-corrected chi connectivity index (χ0v) is 8.16. The lowest BCUT2D eigenvalue weighted by Crippen LogP contribution is -2.00. The summed E-state index contributed by atoms with van der Waals surface area (Å²) < 4.78 is 0. The van der Waals surface area contributed by atoms with Crippen LogP contribution in [0.2, 0.25) is 0 Å². The van der Waals surface area contributed by atoms with Gasteiger partial charge in [-0.05, 0) is 30.2 Å². The van der Waals surface area contributed by atoms with E-state index in [4.69, 9.17) is 0 Å². The molecule has 1 aromatic carbocycles. The number of rotatable bonds is 1. The fourth-order valence-corrected chi connectivity index (χ4v) is 2.34. The molecule has 0 spiro atoms. The summed E-state index contributed by atoms with van der Waals surface area (Å²) in [6, 6.07) is 10.8. The van der Waals surface area contributed by atoms with E-state index < -0.39 is 0 Å². The molecule has 2 rings (SSSR count). The summed E-state index contributed by atoms with van der Waals surface area (Å²) in [5.74, 6) is 1.49. The van der Waals surface area contributed by atoms with Gasteiger partial charge >= 0.3 is 0 Å². The van der Waals surface area contributed by atoms with Crippen LogP contribution in [-0.2, 0) is 0 Å². The lowest BCUT2D eigenvalue weighted by Gasteiger charge is -2.14. The van der Waals surface area contributed by atoms with E-state index >= 15 is 0 Å². The van der Waals surface area contributed by atoms with Crippen LogP contribution in [0.4, 0.5) is 0 Å². The largest absolute Gasteiger partial charge is 0.0998 e. The molecule has 13 heavy (non-hydrogen) atoms. The standard InChI is InChI=1S/C13H16/c1-10-8-11(2)13(9-10)12-6-4-3-5-7-12/h3-7,11,13H,1,8-9H2,2H3/t11-,13-/m0/s1. The second-order valence-corrected chi connectivity index (χ2v) is 4.15. The molecule has 1 saturated carbocycles. The lowest BCUT2D eigenvalue weighted by molar-refractivity contribution is 0.534. The first-order valence-electron chi connectivity index (χ1n) is 4.99. The van der Waals surface area contributed by atoms with Crippen LogP contribution < -0.4 is 0 Å². The van der Waals surface area contributed by atoms with Gasteiger partial charge in [-0.25, -0.2) is 0 Å². The molecule has 0 aliphatic heterocycles. The van der Waals surface area contributed by atoms with E-state index in [1.807, 2.05) is 0 Å². The molecule has 0 saturated heterocycles. The normalized spacial score (nSPS) is 27.9. The van der Waals surface area contributed by atoms with Crippen LogP contribution >= 0.6 is 0 Å². The summed E-state index contributed by atoms with van der Waals surface area (Å²) in [6.07, 6.45) is 2.39. The van der Waals surface area contributed by atoms with E-state index in [2.05, 4.69) is 43.8 Å². The van der Waals surface area contributed by atoms with Crippen LogP contribution in [0.5, 0.6) is 0 Å². The molecule has 1 fully saturated rings. The van der Waals surface area contributed by atoms with Crippen LogP contribution in [0.15, 0.2) is 42.5 Å². The van der Waals surface area contributed by atoms with Crippen LogP contribution in [0.1, 0.15) is 31.2 Å². The Morgan fingerprint density at radius 3 is 2.38 bits per heavy atom. The summed E-state index contributed by atoms with van der Waals surface area (Å²) in [5.41, 5.74) is 2.90. The summed E-state index contributed by atoms with van der Waals surface area (Å²) >= 11 is 0. The first-order chi connectivity index (χ1) is 6.27. The van der Waals surface area contributed by atoms with Crippen molar-refractivity contribution < 1.29 is 0 Å². The van der Waals surface area contributed by atoms with Gasteiger partial charge in [0.15, 0.2) is 0 Å². The fraction of sp³-hybridized carbons (Fsp3) is 0.385. The third-order valence-corrected chi connectivity index (χ3v) is 3.03. The van der Waals surface area contributed by atoms with E-state index in [1.54, 1.807) is 0 Å². The maximum atomic E-state index is 4.08. The van der Waals surface area contributed by atoms with Gasteiger partial charge in [-0.15, -0.1) is 0 Å². The Labute approximate surface area is 80.3 Å². The average molecular weight is 172 g/mol. The Kier molecular flexibility index (Phi) is 2.22. The zero-order chi connectivity index (χ0) is 9.26. The molecule has 0 heterocycles. The van der Waals surface area contributed by atoms with Gasteiger partial charge in [-0.1, -0.05) is 49.4 Å². The Morgan fingerprint density at radius 1 is 1.15 bits per heavy atom. The molecule has 0 amide bonds. The van der Waals surface area contributed by atoms with Crippen LogP contribution in [0.25, 0.3) is 0 Å². The summed E-state index contributed by atoms with van der Waals surface area (Å²) in [6.45, 7) is 6.41. The van der Waals surface area contributed by atoms with Gasteiger partial charge in [0.25, 0.3) is 0 Å². The number of hydrogen-bond acceptors (Lipinski definition) is 0. The molecule has 68 valence electrons. The molecule has 1 aliphatic carbocycles. The molecule has 0 unspecified atom stereocenters. The van der Waals surface area contributed by atoms with Gasteiger partial charge in [0.1, 0.15) is 0 Å². The van der Waals surface area contributed by atoms with E-state index in [-0.39, 0.29) is 0 Å². The van der Waals surface area contributed by atoms with Crippen molar-refractivity contribution in [2.24, 2.45) is 5.92 Å². The van der Waals surface area contributed by atoms with Gasteiger partial charge < -0.3 is 0 Å². The van der Waals surface area contributed by atoms with Crippen molar-refractivity contribution in [1.29, 1.82) is 0 Å². The van der Waals surface area contributed by atoms with Gasteiger partial charge in [0, 0.05) is 0 Å². The van der Waals surface area contributed by atoms with Crippen molar-refractivity contribution in [2.75, 3.05) is 0 Å². The minimum Gasteiger partial charge on any atom is -0.0998 e. The van der Waals surface area contributed by atoms with E-state index in [0.717, 1.165) is 5.92 Å². The fourth-order valence-electron chi connectivity index (χ4n) is 2.34. The Morgan fingerprint density at radius 2 is 1.85 bits per heavy atom. The van der Waals surface area contributed by atoms with Crippen molar-refractivity contribution in [3.63, 3.8) is 0 Å². The highest BCUT2D eigenvalue weighted by Gasteiger charge is 2.26. The summed E-state index contributed by atoms with van der Waals surface area (Å²) in [7, 11) is 0. The van der Waals surface area contributed by atoms with Crippen molar-refractivity contribution in [1.82, 2.24) is 0 Å². The van der Waals surface area contributed by atoms with Crippen molar-refractivity contribution >= 4 is 0 Å². The third-order valence-electron chi connectivity index (χ3n) is 3.03. The monoisotopic (exact) mass is 172 g/mol. The first kappa shape index (κ1) is 8.55.